The molecule has 0 bridgehead atoms. The van der Waals surface area contributed by atoms with Crippen molar-refractivity contribution in [2.75, 3.05) is 38.2 Å². The number of benzene rings is 1. The lowest BCUT2D eigenvalue weighted by Gasteiger charge is -2.15. The molecular weight excluding hydrogens is 280 g/mol. The normalized spacial score (nSPS) is 11.2. The van der Waals surface area contributed by atoms with Crippen LogP contribution in [-0.4, -0.2) is 46.4 Å². The van der Waals surface area contributed by atoms with Crippen LogP contribution in [0.1, 0.15) is 6.92 Å². The van der Waals surface area contributed by atoms with E-state index < -0.39 is 10.0 Å². The maximum absolute atomic E-state index is 11.7. The molecule has 0 aliphatic rings. The molecule has 7 nitrogen and oxygen atoms in total. The maximum atomic E-state index is 11.7. The lowest BCUT2D eigenvalue weighted by molar-refractivity contribution is -0.127. The Hall–Kier alpha value is -1.80. The fourth-order valence-electron chi connectivity index (χ4n) is 1.50. The summed E-state index contributed by atoms with van der Waals surface area (Å²) in [5.41, 5.74) is 6.44. The minimum Gasteiger partial charge on any atom is -0.398 e. The summed E-state index contributed by atoms with van der Waals surface area (Å²) in [5.74, 6) is -0.0574. The fraction of sp³-hybridized carbons (Fsp3) is 0.417. The van der Waals surface area contributed by atoms with Gasteiger partial charge in [0.05, 0.1) is 12.2 Å². The molecule has 0 aliphatic carbocycles. The molecule has 1 rings (SSSR count). The van der Waals surface area contributed by atoms with E-state index in [1.807, 2.05) is 6.92 Å². The molecule has 1 amide bonds. The summed E-state index contributed by atoms with van der Waals surface area (Å²) >= 11 is 0. The van der Waals surface area contributed by atoms with Gasteiger partial charge in [0.25, 0.3) is 0 Å². The summed E-state index contributed by atoms with van der Waals surface area (Å²) in [7, 11) is -0.543. The van der Waals surface area contributed by atoms with Crippen molar-refractivity contribution in [1.82, 2.24) is 9.62 Å². The van der Waals surface area contributed by atoms with Gasteiger partial charge in [0.2, 0.25) is 15.9 Å². The molecule has 0 saturated heterocycles. The highest BCUT2D eigenvalue weighted by molar-refractivity contribution is 7.89. The van der Waals surface area contributed by atoms with Gasteiger partial charge in [-0.1, -0.05) is 0 Å². The molecule has 0 atom stereocenters. The molecule has 0 aliphatic heterocycles. The number of nitrogens with one attached hydrogen (secondary N) is 2. The number of amides is 1. The van der Waals surface area contributed by atoms with Gasteiger partial charge in [0.1, 0.15) is 4.90 Å². The Kier molecular flexibility index (Phi) is 5.34. The number of nitrogens with zero attached hydrogens (tertiary/aromatic N) is 1. The highest BCUT2D eigenvalue weighted by Gasteiger charge is 2.15. The standard InChI is InChI=1S/C12H20N4O3S/c1-4-16(3)12(17)8-15-9-5-6-11(10(13)7-9)20(18,19)14-2/h5-7,14-15H,4,8,13H2,1-3H3. The Morgan fingerprint density at radius 3 is 2.55 bits per heavy atom. The monoisotopic (exact) mass is 300 g/mol. The first kappa shape index (κ1) is 16.3. The molecule has 0 saturated carbocycles. The second-order valence-electron chi connectivity index (χ2n) is 4.22. The van der Waals surface area contributed by atoms with Gasteiger partial charge in [-0.3, -0.25) is 4.79 Å². The molecule has 1 aromatic carbocycles. The summed E-state index contributed by atoms with van der Waals surface area (Å²) in [5, 5.41) is 2.91. The Morgan fingerprint density at radius 1 is 1.40 bits per heavy atom. The highest BCUT2D eigenvalue weighted by Crippen LogP contribution is 2.22. The smallest absolute Gasteiger partial charge is 0.242 e. The Bertz CT molecular complexity index is 586. The third-order valence-corrected chi connectivity index (χ3v) is 4.40. The largest absolute Gasteiger partial charge is 0.398 e. The first-order chi connectivity index (χ1) is 9.31. The molecule has 0 fully saturated rings. The lowest BCUT2D eigenvalue weighted by atomic mass is 10.3. The zero-order valence-electron chi connectivity index (χ0n) is 11.8. The van der Waals surface area contributed by atoms with Crippen molar-refractivity contribution in [3.05, 3.63) is 18.2 Å². The van der Waals surface area contributed by atoms with Crippen LogP contribution in [0.3, 0.4) is 0 Å². The van der Waals surface area contributed by atoms with Crippen LogP contribution in [0.25, 0.3) is 0 Å². The topological polar surface area (TPSA) is 105 Å². The number of carbonyl (C=O) groups excluding carboxylic acids is 1. The number of hydrogen-bond donors (Lipinski definition) is 3. The molecule has 8 heteroatoms. The number of anilines is 2. The molecule has 4 N–H and O–H groups in total. The molecule has 20 heavy (non-hydrogen) atoms. The summed E-state index contributed by atoms with van der Waals surface area (Å²) in [6.07, 6.45) is 0. The van der Waals surface area contributed by atoms with Crippen LogP contribution in [0.5, 0.6) is 0 Å². The number of carbonyl (C=O) groups is 1. The van der Waals surface area contributed by atoms with E-state index in [0.717, 1.165) is 0 Å². The van der Waals surface area contributed by atoms with E-state index >= 15 is 0 Å². The maximum Gasteiger partial charge on any atom is 0.242 e. The zero-order valence-corrected chi connectivity index (χ0v) is 12.6. The van der Waals surface area contributed by atoms with Crippen LogP contribution in [0.15, 0.2) is 23.1 Å². The average molecular weight is 300 g/mol. The molecule has 1 aromatic rings. The first-order valence-corrected chi connectivity index (χ1v) is 7.61. The molecular formula is C12H20N4O3S. The Balaban J connectivity index is 2.81. The van der Waals surface area contributed by atoms with Crippen LogP contribution in [0, 0.1) is 0 Å². The summed E-state index contributed by atoms with van der Waals surface area (Å²) < 4.78 is 25.5. The summed E-state index contributed by atoms with van der Waals surface area (Å²) in [4.78, 5) is 13.2. The van der Waals surface area contributed by atoms with E-state index in [2.05, 4.69) is 10.0 Å². The van der Waals surface area contributed by atoms with Crippen LogP contribution >= 0.6 is 0 Å². The van der Waals surface area contributed by atoms with Crippen molar-refractivity contribution >= 4 is 27.3 Å². The molecule has 112 valence electrons. The number of rotatable bonds is 6. The van der Waals surface area contributed by atoms with Gasteiger partial charge in [0.15, 0.2) is 0 Å². The van der Waals surface area contributed by atoms with E-state index in [1.165, 1.54) is 19.2 Å². The van der Waals surface area contributed by atoms with Crippen LogP contribution in [0.4, 0.5) is 11.4 Å². The lowest BCUT2D eigenvalue weighted by Crippen LogP contribution is -2.31. The van der Waals surface area contributed by atoms with Crippen LogP contribution < -0.4 is 15.8 Å². The number of sulfonamides is 1. The van der Waals surface area contributed by atoms with Crippen molar-refractivity contribution < 1.29 is 13.2 Å². The van der Waals surface area contributed by atoms with Gasteiger partial charge in [-0.05, 0) is 32.2 Å². The quantitative estimate of drug-likeness (QED) is 0.645. The molecule has 0 aromatic heterocycles. The van der Waals surface area contributed by atoms with Gasteiger partial charge in [-0.2, -0.15) is 0 Å². The predicted octanol–water partition coefficient (Wildman–Crippen LogP) is 0.0671. The van der Waals surface area contributed by atoms with Gasteiger partial charge in [-0.15, -0.1) is 0 Å². The van der Waals surface area contributed by atoms with Crippen molar-refractivity contribution in [1.29, 1.82) is 0 Å². The second kappa shape index (κ2) is 6.58. The van der Waals surface area contributed by atoms with E-state index in [4.69, 9.17) is 5.73 Å². The van der Waals surface area contributed by atoms with Gasteiger partial charge in [0, 0.05) is 19.3 Å². The number of nitrogens with two attached hydrogens (primary N) is 1. The molecule has 0 spiro atoms. The minimum atomic E-state index is -3.57. The van der Waals surface area contributed by atoms with Crippen molar-refractivity contribution in [3.8, 4) is 0 Å². The van der Waals surface area contributed by atoms with Crippen LogP contribution in [0.2, 0.25) is 0 Å². The van der Waals surface area contributed by atoms with E-state index in [1.54, 1.807) is 18.0 Å². The van der Waals surface area contributed by atoms with Crippen LogP contribution in [-0.2, 0) is 14.8 Å². The minimum absolute atomic E-state index is 0.0163. The van der Waals surface area contributed by atoms with Gasteiger partial charge < -0.3 is 16.0 Å². The fourth-order valence-corrected chi connectivity index (χ4v) is 2.34. The van der Waals surface area contributed by atoms with E-state index in [-0.39, 0.29) is 23.0 Å². The Labute approximate surface area is 119 Å². The number of likely N-dealkylation sites (N-methyl/N-ethyl adjacent to an activating group) is 1. The average Bonchev–Trinajstić information content (AvgIpc) is 2.43. The SMILES string of the molecule is CCN(C)C(=O)CNc1ccc(S(=O)(=O)NC)c(N)c1. The van der Waals surface area contributed by atoms with Gasteiger partial charge in [-0.25, -0.2) is 13.1 Å². The number of hydrogen-bond acceptors (Lipinski definition) is 5. The van der Waals surface area contributed by atoms with Crippen molar-refractivity contribution in [2.45, 2.75) is 11.8 Å². The zero-order chi connectivity index (χ0) is 15.3. The predicted molar refractivity (Wildman–Crippen MR) is 78.9 cm³/mol. The number of nitrogen functional groups attached to an aromatic ring is 1. The molecule has 0 unspecified atom stereocenters. The first-order valence-electron chi connectivity index (χ1n) is 6.12. The van der Waals surface area contributed by atoms with Gasteiger partial charge >= 0.3 is 0 Å². The molecule has 0 radical (unpaired) electrons. The third kappa shape index (κ3) is 3.84. The Morgan fingerprint density at radius 2 is 2.05 bits per heavy atom. The van der Waals surface area contributed by atoms with Crippen molar-refractivity contribution in [2.24, 2.45) is 0 Å². The summed E-state index contributed by atoms with van der Waals surface area (Å²) in [6, 6.07) is 4.46. The highest BCUT2D eigenvalue weighted by atomic mass is 32.2. The second-order valence-corrected chi connectivity index (χ2v) is 6.08. The van der Waals surface area contributed by atoms with E-state index in [9.17, 15) is 13.2 Å². The third-order valence-electron chi connectivity index (χ3n) is 2.91. The van der Waals surface area contributed by atoms with E-state index in [0.29, 0.717) is 12.2 Å². The van der Waals surface area contributed by atoms with Crippen molar-refractivity contribution in [3.63, 3.8) is 0 Å². The molecule has 0 heterocycles. The summed E-state index contributed by atoms with van der Waals surface area (Å²) in [6.45, 7) is 2.64.